The van der Waals surface area contributed by atoms with Crippen LogP contribution in [0.1, 0.15) is 20.1 Å². The second-order valence-corrected chi connectivity index (χ2v) is 11.5. The van der Waals surface area contributed by atoms with Crippen LogP contribution in [0.5, 0.6) is 0 Å². The molecule has 2 rings (SSSR count). The molecule has 1 aromatic rings. The Morgan fingerprint density at radius 1 is 1.32 bits per heavy atom. The van der Waals surface area contributed by atoms with Crippen LogP contribution in [0.3, 0.4) is 0 Å². The fraction of sp³-hybridized carbons (Fsp3) is 0.692. The van der Waals surface area contributed by atoms with Crippen LogP contribution in [0, 0.1) is 0 Å². The van der Waals surface area contributed by atoms with Gasteiger partial charge in [-0.25, -0.2) is 9.36 Å². The summed E-state index contributed by atoms with van der Waals surface area (Å²) in [5.74, 6) is 0. The summed E-state index contributed by atoms with van der Waals surface area (Å²) in [6.45, 7) is -0.588. The Bertz CT molecular complexity index is 896. The first-order chi connectivity index (χ1) is 12.9. The molecule has 160 valence electrons. The number of aromatic nitrogens is 2. The molecule has 0 amide bonds. The van der Waals surface area contributed by atoms with Crippen molar-refractivity contribution in [3.63, 3.8) is 0 Å². The molecular weight excluding hydrogens is 438 g/mol. The summed E-state index contributed by atoms with van der Waals surface area (Å²) in [5.41, 5.74) is -1.86. The summed E-state index contributed by atoms with van der Waals surface area (Å²) in [6, 6.07) is 1.08. The summed E-state index contributed by atoms with van der Waals surface area (Å²) in [7, 11) is -3.50. The van der Waals surface area contributed by atoms with Crippen LogP contribution in [0.25, 0.3) is 0 Å². The monoisotopic (exact) mass is 460 g/mol. The van der Waals surface area contributed by atoms with E-state index in [1.807, 2.05) is 0 Å². The second kappa shape index (κ2) is 8.97. The molecule has 1 fully saturated rings. The number of nitrogens with one attached hydrogen (secondary N) is 1. The average molecular weight is 460 g/mol. The molecule has 1 unspecified atom stereocenters. The van der Waals surface area contributed by atoms with Gasteiger partial charge >= 0.3 is 13.5 Å². The number of hydrogen-bond acceptors (Lipinski definition) is 8. The molecule has 0 spiro atoms. The van der Waals surface area contributed by atoms with Gasteiger partial charge in [-0.2, -0.15) is 0 Å². The van der Waals surface area contributed by atoms with Gasteiger partial charge in [0.25, 0.3) is 5.56 Å². The van der Waals surface area contributed by atoms with Gasteiger partial charge in [0.2, 0.25) is 0 Å². The van der Waals surface area contributed by atoms with Gasteiger partial charge in [-0.3, -0.25) is 18.9 Å². The highest BCUT2D eigenvalue weighted by atomic mass is 32.5. The van der Waals surface area contributed by atoms with Crippen molar-refractivity contribution in [3.8, 4) is 0 Å². The molecule has 12 nitrogen and oxygen atoms in total. The Kier molecular flexibility index (Phi) is 7.54. The maximum Gasteiger partial charge on any atom is 0.469 e. The van der Waals surface area contributed by atoms with Crippen molar-refractivity contribution >= 4 is 26.1 Å². The molecule has 15 heteroatoms. The lowest BCUT2D eigenvalue weighted by Gasteiger charge is -2.29. The lowest BCUT2D eigenvalue weighted by atomic mass is 10.1. The Hall–Kier alpha value is -0.720. The number of nitrogens with zero attached hydrogens (tertiary/aromatic N) is 1. The first kappa shape index (κ1) is 23.6. The number of rotatable bonds is 8. The molecule has 28 heavy (non-hydrogen) atoms. The molecule has 1 aliphatic heterocycles. The predicted octanol–water partition coefficient (Wildman–Crippen LogP) is -0.346. The molecule has 0 aliphatic carbocycles. The maximum atomic E-state index is 12.2. The Morgan fingerprint density at radius 2 is 1.96 bits per heavy atom. The van der Waals surface area contributed by atoms with Gasteiger partial charge in [0, 0.05) is 25.0 Å². The highest BCUT2D eigenvalue weighted by Crippen LogP contribution is 2.52. The molecule has 1 saturated heterocycles. The zero-order chi connectivity index (χ0) is 21.3. The second-order valence-electron chi connectivity index (χ2n) is 6.30. The SMILES string of the molecule is CO[C@H]1[C@@H](OP(O)(=S)C(C)C)[C@H](n2ccc(=O)[nH]c2=O)O[C@@H]1COP(=O)(O)O. The van der Waals surface area contributed by atoms with Crippen molar-refractivity contribution in [3.05, 3.63) is 33.1 Å². The van der Waals surface area contributed by atoms with Crippen molar-refractivity contribution in [2.45, 2.75) is 44.0 Å². The van der Waals surface area contributed by atoms with Crippen molar-refractivity contribution < 1.29 is 37.8 Å². The summed E-state index contributed by atoms with van der Waals surface area (Å²) < 4.78 is 33.2. The van der Waals surface area contributed by atoms with E-state index < -0.39 is 62.4 Å². The third kappa shape index (κ3) is 5.67. The Balaban J connectivity index is 2.43. The first-order valence-electron chi connectivity index (χ1n) is 8.06. The first-order valence-corrected chi connectivity index (χ1v) is 12.3. The van der Waals surface area contributed by atoms with Gasteiger partial charge in [-0.1, -0.05) is 13.8 Å². The number of phosphoric acid groups is 1. The van der Waals surface area contributed by atoms with Crippen LogP contribution in [-0.2, 0) is 34.9 Å². The minimum atomic E-state index is -4.79. The quantitative estimate of drug-likeness (QED) is 0.374. The molecule has 5 atom stereocenters. The molecule has 4 N–H and O–H groups in total. The van der Waals surface area contributed by atoms with Crippen molar-refractivity contribution in [2.24, 2.45) is 0 Å². The third-order valence-electron chi connectivity index (χ3n) is 4.02. The number of hydrogen-bond donors (Lipinski definition) is 4. The van der Waals surface area contributed by atoms with Gasteiger partial charge < -0.3 is 28.7 Å². The van der Waals surface area contributed by atoms with Gasteiger partial charge in [0.15, 0.2) is 12.7 Å². The predicted molar refractivity (Wildman–Crippen MR) is 101 cm³/mol. The molecule has 0 saturated carbocycles. The average Bonchev–Trinajstić information content (AvgIpc) is 2.89. The van der Waals surface area contributed by atoms with E-state index >= 15 is 0 Å². The topological polar surface area (TPSA) is 170 Å². The molecule has 1 aromatic heterocycles. The number of phosphoric ester groups is 1. The maximum absolute atomic E-state index is 12.2. The Morgan fingerprint density at radius 3 is 2.46 bits per heavy atom. The van der Waals surface area contributed by atoms with E-state index in [0.717, 1.165) is 16.8 Å². The molecule has 0 radical (unpaired) electrons. The van der Waals surface area contributed by atoms with Crippen LogP contribution in [-0.4, -0.2) is 61.9 Å². The highest BCUT2D eigenvalue weighted by molar-refractivity contribution is 8.09. The van der Waals surface area contributed by atoms with Crippen LogP contribution < -0.4 is 11.2 Å². The molecule has 0 bridgehead atoms. The van der Waals surface area contributed by atoms with E-state index in [0.29, 0.717) is 0 Å². The minimum Gasteiger partial charge on any atom is -0.376 e. The Labute approximate surface area is 164 Å². The normalized spacial score (nSPS) is 27.8. The smallest absolute Gasteiger partial charge is 0.376 e. The van der Waals surface area contributed by atoms with Crippen LogP contribution in [0.2, 0.25) is 0 Å². The summed E-state index contributed by atoms with van der Waals surface area (Å²) in [6.07, 6.45) is -3.19. The molecular formula is C13H22N2O10P2S. The van der Waals surface area contributed by atoms with Crippen molar-refractivity contribution in [2.75, 3.05) is 13.7 Å². The summed E-state index contributed by atoms with van der Waals surface area (Å²) in [5, 5.41) is 0. The van der Waals surface area contributed by atoms with Crippen LogP contribution >= 0.6 is 14.3 Å². The number of H-pyrrole nitrogens is 1. The van der Waals surface area contributed by atoms with Crippen LogP contribution in [0.15, 0.2) is 21.9 Å². The lowest BCUT2D eigenvalue weighted by Crippen LogP contribution is -2.40. The largest absolute Gasteiger partial charge is 0.469 e. The summed E-state index contributed by atoms with van der Waals surface area (Å²) >= 11 is 5.16. The van der Waals surface area contributed by atoms with E-state index in [4.69, 9.17) is 35.6 Å². The molecule has 0 aromatic carbocycles. The number of aromatic amines is 1. The van der Waals surface area contributed by atoms with E-state index in [9.17, 15) is 19.0 Å². The van der Waals surface area contributed by atoms with Gasteiger partial charge in [-0.05, 0) is 11.8 Å². The van der Waals surface area contributed by atoms with Crippen molar-refractivity contribution in [1.29, 1.82) is 0 Å². The fourth-order valence-corrected chi connectivity index (χ4v) is 4.01. The van der Waals surface area contributed by atoms with Gasteiger partial charge in [-0.15, -0.1) is 0 Å². The molecule has 2 heterocycles. The highest BCUT2D eigenvalue weighted by Gasteiger charge is 2.50. The standard InChI is InChI=1S/C13H22N2O10P2S/c1-7(2)26(18,28)25-11-10(22-3)8(6-23-27(19,20)21)24-12(11)15-5-4-9(16)14-13(15)17/h4-5,7-8,10-12H,6H2,1-3H3,(H,18,28)(H,14,16,17)(H2,19,20,21)/t8-,10-,11-,12-,26?/m1/s1. The van der Waals surface area contributed by atoms with E-state index in [2.05, 4.69) is 9.51 Å². The fourth-order valence-electron chi connectivity index (χ4n) is 2.56. The molecule has 1 aliphatic rings. The zero-order valence-corrected chi connectivity index (χ0v) is 17.8. The number of methoxy groups -OCH3 is 1. The van der Waals surface area contributed by atoms with E-state index in [1.54, 1.807) is 13.8 Å². The third-order valence-corrected chi connectivity index (χ3v) is 7.87. The number of ether oxygens (including phenoxy) is 2. The van der Waals surface area contributed by atoms with E-state index in [1.165, 1.54) is 7.11 Å². The lowest BCUT2D eigenvalue weighted by molar-refractivity contribution is -0.0547. The van der Waals surface area contributed by atoms with Crippen molar-refractivity contribution in [1.82, 2.24) is 9.55 Å². The zero-order valence-electron chi connectivity index (χ0n) is 15.2. The summed E-state index contributed by atoms with van der Waals surface area (Å²) in [4.78, 5) is 53.9. The van der Waals surface area contributed by atoms with Gasteiger partial charge in [0.05, 0.1) is 6.61 Å². The van der Waals surface area contributed by atoms with Gasteiger partial charge in [0.1, 0.15) is 18.3 Å². The van der Waals surface area contributed by atoms with E-state index in [-0.39, 0.29) is 0 Å². The minimum absolute atomic E-state index is 0.418. The van der Waals surface area contributed by atoms with Crippen LogP contribution in [0.4, 0.5) is 0 Å².